The molecule has 0 saturated carbocycles. The second-order valence-corrected chi connectivity index (χ2v) is 5.40. The smallest absolute Gasteiger partial charge is 0.268 e. The molecule has 0 fully saturated rings. The van der Waals surface area contributed by atoms with Crippen molar-refractivity contribution < 1.29 is 9.63 Å². The molecule has 1 aromatic carbocycles. The molecule has 0 saturated heterocycles. The van der Waals surface area contributed by atoms with Crippen LogP contribution in [0.5, 0.6) is 0 Å². The third kappa shape index (κ3) is 4.61. The lowest BCUT2D eigenvalue weighted by Gasteiger charge is -2.18. The number of carbonyl (C=O) groups is 1. The van der Waals surface area contributed by atoms with Crippen molar-refractivity contribution >= 4 is 28.5 Å². The van der Waals surface area contributed by atoms with Crippen molar-refractivity contribution in [3.63, 3.8) is 0 Å². The summed E-state index contributed by atoms with van der Waals surface area (Å²) in [6, 6.07) is 7.33. The number of benzene rings is 1. The fourth-order valence-electron chi connectivity index (χ4n) is 0.888. The molecule has 15 heavy (non-hydrogen) atoms. The summed E-state index contributed by atoms with van der Waals surface area (Å²) in [5.74, 6) is -0.219. The van der Waals surface area contributed by atoms with Crippen LogP contribution in [0.4, 0.5) is 0 Å². The van der Waals surface area contributed by atoms with E-state index in [1.54, 1.807) is 6.07 Å². The van der Waals surface area contributed by atoms with Crippen LogP contribution in [0.15, 0.2) is 24.3 Å². The maximum Gasteiger partial charge on any atom is 0.274 e. The molecule has 1 aromatic rings. The van der Waals surface area contributed by atoms with Crippen LogP contribution in [0, 0.1) is 3.57 Å². The van der Waals surface area contributed by atoms with Crippen LogP contribution in [-0.4, -0.2) is 11.5 Å². The van der Waals surface area contributed by atoms with Gasteiger partial charge in [0.2, 0.25) is 0 Å². The van der Waals surface area contributed by atoms with Crippen molar-refractivity contribution in [2.45, 2.75) is 26.4 Å². The summed E-state index contributed by atoms with van der Waals surface area (Å²) in [6.45, 7) is 5.63. The van der Waals surface area contributed by atoms with Gasteiger partial charge < -0.3 is 0 Å². The molecule has 0 radical (unpaired) electrons. The Hall–Kier alpha value is -0.620. The van der Waals surface area contributed by atoms with E-state index in [2.05, 4.69) is 28.1 Å². The molecule has 0 aliphatic heterocycles. The number of carbonyl (C=O) groups excluding carboxylic acids is 1. The molecule has 4 heteroatoms. The van der Waals surface area contributed by atoms with Gasteiger partial charge in [-0.15, -0.1) is 0 Å². The molecule has 0 bridgehead atoms. The highest BCUT2D eigenvalue weighted by atomic mass is 127. The van der Waals surface area contributed by atoms with Crippen LogP contribution in [0.2, 0.25) is 0 Å². The minimum absolute atomic E-state index is 0.219. The molecule has 0 spiro atoms. The maximum atomic E-state index is 11.6. The third-order valence-electron chi connectivity index (χ3n) is 1.54. The number of hydrogen-bond donors (Lipinski definition) is 1. The highest BCUT2D eigenvalue weighted by molar-refractivity contribution is 14.1. The molecule has 0 aromatic heterocycles. The largest absolute Gasteiger partial charge is 0.274 e. The average molecular weight is 319 g/mol. The van der Waals surface area contributed by atoms with Crippen LogP contribution >= 0.6 is 22.6 Å². The van der Waals surface area contributed by atoms with Gasteiger partial charge in [0.05, 0.1) is 5.60 Å². The van der Waals surface area contributed by atoms with E-state index in [0.717, 1.165) is 3.57 Å². The van der Waals surface area contributed by atoms with Crippen molar-refractivity contribution in [1.82, 2.24) is 5.48 Å². The van der Waals surface area contributed by atoms with Gasteiger partial charge in [0.15, 0.2) is 0 Å². The molecule has 0 unspecified atom stereocenters. The number of halogens is 1. The van der Waals surface area contributed by atoms with Gasteiger partial charge in [-0.05, 0) is 61.6 Å². The molecule has 0 atom stereocenters. The molecule has 3 nitrogen and oxygen atoms in total. The van der Waals surface area contributed by atoms with Crippen LogP contribution in [0.25, 0.3) is 0 Å². The Balaban J connectivity index is 2.62. The summed E-state index contributed by atoms with van der Waals surface area (Å²) in [6.07, 6.45) is 0. The first-order valence-electron chi connectivity index (χ1n) is 4.62. The van der Waals surface area contributed by atoms with Crippen molar-refractivity contribution in [2.24, 2.45) is 0 Å². The first kappa shape index (κ1) is 12.4. The summed E-state index contributed by atoms with van der Waals surface area (Å²) < 4.78 is 1.02. The van der Waals surface area contributed by atoms with E-state index in [4.69, 9.17) is 4.84 Å². The second kappa shape index (κ2) is 4.94. The predicted molar refractivity (Wildman–Crippen MR) is 67.5 cm³/mol. The lowest BCUT2D eigenvalue weighted by molar-refractivity contribution is -0.0589. The Morgan fingerprint density at radius 3 is 2.60 bits per heavy atom. The lowest BCUT2D eigenvalue weighted by Crippen LogP contribution is -2.33. The summed E-state index contributed by atoms with van der Waals surface area (Å²) in [5.41, 5.74) is 2.65. The Kier molecular flexibility index (Phi) is 4.10. The predicted octanol–water partition coefficient (Wildman–Crippen LogP) is 2.75. The zero-order chi connectivity index (χ0) is 11.5. The quantitative estimate of drug-likeness (QED) is 0.672. The van der Waals surface area contributed by atoms with Gasteiger partial charge in [0, 0.05) is 9.13 Å². The summed E-state index contributed by atoms with van der Waals surface area (Å²) in [7, 11) is 0. The van der Waals surface area contributed by atoms with Crippen molar-refractivity contribution in [1.29, 1.82) is 0 Å². The summed E-state index contributed by atoms with van der Waals surface area (Å²) in [4.78, 5) is 16.8. The Bertz CT molecular complexity index is 358. The first-order valence-corrected chi connectivity index (χ1v) is 5.70. The van der Waals surface area contributed by atoms with E-state index in [9.17, 15) is 4.79 Å². The first-order chi connectivity index (χ1) is 6.88. The average Bonchev–Trinajstić information content (AvgIpc) is 2.13. The van der Waals surface area contributed by atoms with Gasteiger partial charge in [0.1, 0.15) is 0 Å². The molecular weight excluding hydrogens is 305 g/mol. The molecular formula is C11H14INO2. The molecule has 0 aliphatic carbocycles. The van der Waals surface area contributed by atoms with Gasteiger partial charge >= 0.3 is 0 Å². The van der Waals surface area contributed by atoms with Crippen molar-refractivity contribution in [2.75, 3.05) is 0 Å². The number of hydrogen-bond acceptors (Lipinski definition) is 2. The van der Waals surface area contributed by atoms with Crippen LogP contribution < -0.4 is 5.48 Å². The molecule has 1 rings (SSSR count). The maximum absolute atomic E-state index is 11.6. The zero-order valence-corrected chi connectivity index (χ0v) is 11.2. The van der Waals surface area contributed by atoms with E-state index in [0.29, 0.717) is 5.56 Å². The summed E-state index contributed by atoms with van der Waals surface area (Å²) >= 11 is 2.16. The van der Waals surface area contributed by atoms with Gasteiger partial charge in [-0.25, -0.2) is 5.48 Å². The fourth-order valence-corrected chi connectivity index (χ4v) is 1.43. The minimum atomic E-state index is -0.377. The number of nitrogens with one attached hydrogen (secondary N) is 1. The number of hydroxylamine groups is 1. The van der Waals surface area contributed by atoms with E-state index < -0.39 is 0 Å². The van der Waals surface area contributed by atoms with Gasteiger partial charge in [0.25, 0.3) is 5.91 Å². The number of rotatable bonds is 2. The van der Waals surface area contributed by atoms with E-state index in [1.807, 2.05) is 39.0 Å². The molecule has 0 heterocycles. The van der Waals surface area contributed by atoms with Crippen molar-refractivity contribution in [3.05, 3.63) is 33.4 Å². The standard InChI is InChI=1S/C11H14INO2/c1-11(2,3)15-13-10(14)8-5-4-6-9(12)7-8/h4-7H,1-3H3,(H,13,14). The SMILES string of the molecule is CC(C)(C)ONC(=O)c1cccc(I)c1. The highest BCUT2D eigenvalue weighted by Gasteiger charge is 2.13. The Morgan fingerprint density at radius 1 is 1.40 bits per heavy atom. The summed E-state index contributed by atoms with van der Waals surface area (Å²) in [5, 5.41) is 0. The molecule has 0 aliphatic rings. The second-order valence-electron chi connectivity index (χ2n) is 4.16. The fraction of sp³-hybridized carbons (Fsp3) is 0.364. The van der Waals surface area contributed by atoms with E-state index >= 15 is 0 Å². The van der Waals surface area contributed by atoms with E-state index in [-0.39, 0.29) is 11.5 Å². The highest BCUT2D eigenvalue weighted by Crippen LogP contribution is 2.09. The molecule has 82 valence electrons. The molecule has 1 N–H and O–H groups in total. The third-order valence-corrected chi connectivity index (χ3v) is 2.21. The monoisotopic (exact) mass is 319 g/mol. The van der Waals surface area contributed by atoms with Gasteiger partial charge in [-0.3, -0.25) is 9.63 Å². The number of amides is 1. The van der Waals surface area contributed by atoms with Gasteiger partial charge in [-0.1, -0.05) is 6.07 Å². The van der Waals surface area contributed by atoms with Crippen LogP contribution in [0.1, 0.15) is 31.1 Å². The van der Waals surface area contributed by atoms with Crippen LogP contribution in [-0.2, 0) is 4.84 Å². The van der Waals surface area contributed by atoms with Gasteiger partial charge in [-0.2, -0.15) is 0 Å². The zero-order valence-electron chi connectivity index (χ0n) is 9.00. The Labute approximate surface area is 103 Å². The topological polar surface area (TPSA) is 38.3 Å². The normalized spacial score (nSPS) is 11.2. The lowest BCUT2D eigenvalue weighted by atomic mass is 10.2. The van der Waals surface area contributed by atoms with Crippen LogP contribution in [0.3, 0.4) is 0 Å². The Morgan fingerprint density at radius 2 is 2.07 bits per heavy atom. The minimum Gasteiger partial charge on any atom is -0.268 e. The molecule has 1 amide bonds. The van der Waals surface area contributed by atoms with E-state index in [1.165, 1.54) is 0 Å². The van der Waals surface area contributed by atoms with Crippen molar-refractivity contribution in [3.8, 4) is 0 Å².